The normalized spacial score (nSPS) is 10.9. The quantitative estimate of drug-likeness (QED) is 0.616. The monoisotopic (exact) mass is 338 g/mol. The molecule has 0 saturated heterocycles. The Hall–Kier alpha value is -1.74. The Labute approximate surface area is 137 Å². The number of hydrogen-bond donors (Lipinski definition) is 1. The third kappa shape index (κ3) is 4.14. The molecule has 2 heterocycles. The standard InChI is InChI=1S/C13H18N6OS2/c1-5-6-19-11(8(2)3)16-18-13(19)21-7-10(20)14-12-17-15-9(4)22-12/h5,8H,1,6-7H2,2-4H3,(H,14,17,20). The van der Waals surface area contributed by atoms with E-state index in [2.05, 4.69) is 46.1 Å². The summed E-state index contributed by atoms with van der Waals surface area (Å²) in [6.07, 6.45) is 1.80. The van der Waals surface area contributed by atoms with Crippen LogP contribution in [0.3, 0.4) is 0 Å². The molecule has 0 aliphatic heterocycles. The zero-order chi connectivity index (χ0) is 16.1. The van der Waals surface area contributed by atoms with Crippen molar-refractivity contribution < 1.29 is 4.79 Å². The number of carbonyl (C=O) groups is 1. The van der Waals surface area contributed by atoms with Crippen molar-refractivity contribution in [3.8, 4) is 0 Å². The van der Waals surface area contributed by atoms with E-state index in [-0.39, 0.29) is 17.6 Å². The van der Waals surface area contributed by atoms with Crippen LogP contribution in [-0.2, 0) is 11.3 Å². The van der Waals surface area contributed by atoms with Gasteiger partial charge in [0.25, 0.3) is 0 Å². The zero-order valence-electron chi connectivity index (χ0n) is 12.7. The smallest absolute Gasteiger partial charge is 0.236 e. The van der Waals surface area contributed by atoms with Crippen LogP contribution < -0.4 is 5.32 Å². The number of allylic oxidation sites excluding steroid dienone is 1. The van der Waals surface area contributed by atoms with Crippen molar-refractivity contribution in [2.75, 3.05) is 11.1 Å². The van der Waals surface area contributed by atoms with Crippen molar-refractivity contribution in [3.63, 3.8) is 0 Å². The number of hydrogen-bond acceptors (Lipinski definition) is 7. The molecule has 1 amide bonds. The first-order valence-corrected chi connectivity index (χ1v) is 8.58. The van der Waals surface area contributed by atoms with Crippen LogP contribution in [0.1, 0.15) is 30.6 Å². The fourth-order valence-electron chi connectivity index (χ4n) is 1.77. The average molecular weight is 338 g/mol. The first kappa shape index (κ1) is 16.6. The summed E-state index contributed by atoms with van der Waals surface area (Å²) in [5, 5.41) is 20.8. The lowest BCUT2D eigenvalue weighted by Gasteiger charge is -2.09. The molecule has 118 valence electrons. The van der Waals surface area contributed by atoms with E-state index in [0.717, 1.165) is 10.8 Å². The number of thioether (sulfide) groups is 1. The van der Waals surface area contributed by atoms with Gasteiger partial charge in [0.2, 0.25) is 11.0 Å². The predicted molar refractivity (Wildman–Crippen MR) is 88.3 cm³/mol. The molecule has 0 bridgehead atoms. The lowest BCUT2D eigenvalue weighted by molar-refractivity contribution is -0.113. The summed E-state index contributed by atoms with van der Waals surface area (Å²) in [5.74, 6) is 1.26. The molecule has 22 heavy (non-hydrogen) atoms. The van der Waals surface area contributed by atoms with Crippen molar-refractivity contribution in [1.82, 2.24) is 25.0 Å². The fraction of sp³-hybridized carbons (Fsp3) is 0.462. The number of amides is 1. The van der Waals surface area contributed by atoms with Gasteiger partial charge in [-0.05, 0) is 6.92 Å². The van der Waals surface area contributed by atoms with Crippen LogP contribution >= 0.6 is 23.1 Å². The molecule has 0 radical (unpaired) electrons. The molecule has 0 fully saturated rings. The molecule has 1 N–H and O–H groups in total. The van der Waals surface area contributed by atoms with Crippen LogP contribution in [0.5, 0.6) is 0 Å². The van der Waals surface area contributed by atoms with Crippen LogP contribution in [0, 0.1) is 6.92 Å². The molecule has 0 aliphatic carbocycles. The molecule has 0 unspecified atom stereocenters. The maximum atomic E-state index is 11.9. The molecule has 2 aromatic rings. The number of aromatic nitrogens is 5. The van der Waals surface area contributed by atoms with Crippen molar-refractivity contribution in [2.45, 2.75) is 38.4 Å². The fourth-order valence-corrected chi connectivity index (χ4v) is 3.13. The molecular formula is C13H18N6OS2. The number of carbonyl (C=O) groups excluding carboxylic acids is 1. The van der Waals surface area contributed by atoms with Crippen molar-refractivity contribution >= 4 is 34.1 Å². The predicted octanol–water partition coefficient (Wildman–Crippen LogP) is 2.48. The summed E-state index contributed by atoms with van der Waals surface area (Å²) < 4.78 is 1.98. The molecule has 9 heteroatoms. The molecule has 0 atom stereocenters. The van der Waals surface area contributed by atoms with E-state index in [1.807, 2.05) is 11.5 Å². The Morgan fingerprint density at radius 2 is 2.18 bits per heavy atom. The Morgan fingerprint density at radius 1 is 1.41 bits per heavy atom. The zero-order valence-corrected chi connectivity index (χ0v) is 14.4. The maximum absolute atomic E-state index is 11.9. The van der Waals surface area contributed by atoms with Gasteiger partial charge in [0.05, 0.1) is 5.75 Å². The largest absolute Gasteiger partial charge is 0.302 e. The number of nitrogens with zero attached hydrogens (tertiary/aromatic N) is 5. The summed E-state index contributed by atoms with van der Waals surface area (Å²) in [4.78, 5) is 11.9. The van der Waals surface area contributed by atoms with Crippen molar-refractivity contribution in [2.24, 2.45) is 0 Å². The number of aryl methyl sites for hydroxylation is 1. The molecule has 2 aromatic heterocycles. The van der Waals surface area contributed by atoms with Gasteiger partial charge < -0.3 is 4.57 Å². The number of anilines is 1. The molecular weight excluding hydrogens is 320 g/mol. The third-order valence-electron chi connectivity index (χ3n) is 2.68. The van der Waals surface area contributed by atoms with Gasteiger partial charge in [0.1, 0.15) is 10.8 Å². The van der Waals surface area contributed by atoms with Crippen LogP contribution in [0.2, 0.25) is 0 Å². The van der Waals surface area contributed by atoms with E-state index in [9.17, 15) is 4.79 Å². The highest BCUT2D eigenvalue weighted by atomic mass is 32.2. The molecule has 0 saturated carbocycles. The summed E-state index contributed by atoms with van der Waals surface area (Å²) >= 11 is 2.69. The van der Waals surface area contributed by atoms with Gasteiger partial charge in [0, 0.05) is 12.5 Å². The van der Waals surface area contributed by atoms with E-state index in [4.69, 9.17) is 0 Å². The minimum Gasteiger partial charge on any atom is -0.302 e. The minimum atomic E-state index is -0.139. The molecule has 7 nitrogen and oxygen atoms in total. The van der Waals surface area contributed by atoms with Gasteiger partial charge in [-0.15, -0.1) is 27.0 Å². The van der Waals surface area contributed by atoms with Crippen LogP contribution in [-0.4, -0.2) is 36.6 Å². The summed E-state index contributed by atoms with van der Waals surface area (Å²) in [6.45, 7) is 10.3. The SMILES string of the molecule is C=CCn1c(SCC(=O)Nc2nnc(C)s2)nnc1C(C)C. The topological polar surface area (TPSA) is 85.6 Å². The van der Waals surface area contributed by atoms with Gasteiger partial charge in [-0.2, -0.15) is 0 Å². The van der Waals surface area contributed by atoms with Gasteiger partial charge in [-0.1, -0.05) is 43.0 Å². The van der Waals surface area contributed by atoms with E-state index in [1.54, 1.807) is 6.08 Å². The third-order valence-corrected chi connectivity index (χ3v) is 4.40. The Kier molecular flexibility index (Phi) is 5.67. The summed E-state index contributed by atoms with van der Waals surface area (Å²) in [6, 6.07) is 0. The minimum absolute atomic E-state index is 0.139. The van der Waals surface area contributed by atoms with Crippen LogP contribution in [0.25, 0.3) is 0 Å². The Morgan fingerprint density at radius 3 is 2.77 bits per heavy atom. The maximum Gasteiger partial charge on any atom is 0.236 e. The summed E-state index contributed by atoms with van der Waals surface area (Å²) in [7, 11) is 0. The first-order valence-electron chi connectivity index (χ1n) is 6.78. The molecule has 0 aliphatic rings. The van der Waals surface area contributed by atoms with Crippen LogP contribution in [0.15, 0.2) is 17.8 Å². The van der Waals surface area contributed by atoms with Gasteiger partial charge in [0.15, 0.2) is 5.16 Å². The van der Waals surface area contributed by atoms with E-state index < -0.39 is 0 Å². The highest BCUT2D eigenvalue weighted by Crippen LogP contribution is 2.22. The highest BCUT2D eigenvalue weighted by Gasteiger charge is 2.16. The molecule has 0 spiro atoms. The highest BCUT2D eigenvalue weighted by molar-refractivity contribution is 7.99. The number of rotatable bonds is 7. The van der Waals surface area contributed by atoms with E-state index in [1.165, 1.54) is 23.1 Å². The lowest BCUT2D eigenvalue weighted by atomic mass is 10.2. The number of nitrogens with one attached hydrogen (secondary N) is 1. The second kappa shape index (κ2) is 7.50. The average Bonchev–Trinajstić information content (AvgIpc) is 3.04. The van der Waals surface area contributed by atoms with Gasteiger partial charge in [-0.25, -0.2) is 0 Å². The van der Waals surface area contributed by atoms with Crippen molar-refractivity contribution in [1.29, 1.82) is 0 Å². The Bertz CT molecular complexity index is 663. The molecule has 0 aromatic carbocycles. The van der Waals surface area contributed by atoms with E-state index >= 15 is 0 Å². The van der Waals surface area contributed by atoms with Crippen molar-refractivity contribution in [3.05, 3.63) is 23.5 Å². The first-order chi connectivity index (χ1) is 10.5. The Balaban J connectivity index is 1.98. The van der Waals surface area contributed by atoms with Crippen LogP contribution in [0.4, 0.5) is 5.13 Å². The second-order valence-corrected chi connectivity index (χ2v) is 6.98. The van der Waals surface area contributed by atoms with Gasteiger partial charge in [-0.3, -0.25) is 10.1 Å². The van der Waals surface area contributed by atoms with E-state index in [0.29, 0.717) is 16.8 Å². The lowest BCUT2D eigenvalue weighted by Crippen LogP contribution is -2.14. The second-order valence-electron chi connectivity index (χ2n) is 4.86. The summed E-state index contributed by atoms with van der Waals surface area (Å²) in [5.41, 5.74) is 0. The van der Waals surface area contributed by atoms with Gasteiger partial charge >= 0.3 is 0 Å². The molecule has 2 rings (SSSR count).